The second kappa shape index (κ2) is 9.84. The second-order valence-corrected chi connectivity index (χ2v) is 7.05. The summed E-state index contributed by atoms with van der Waals surface area (Å²) in [5.41, 5.74) is 9.20. The molecule has 2 amide bonds. The largest absolute Gasteiger partial charge is 0.463 e. The Labute approximate surface area is 175 Å². The molecular formula is C23H25N3O4. The molecule has 1 heterocycles. The van der Waals surface area contributed by atoms with E-state index in [1.165, 1.54) is 6.08 Å². The summed E-state index contributed by atoms with van der Waals surface area (Å²) in [6.07, 6.45) is 3.50. The molecule has 0 saturated heterocycles. The molecule has 0 aliphatic carbocycles. The zero-order valence-corrected chi connectivity index (χ0v) is 16.8. The molecule has 30 heavy (non-hydrogen) atoms. The zero-order valence-electron chi connectivity index (χ0n) is 16.8. The summed E-state index contributed by atoms with van der Waals surface area (Å²) in [6.45, 7) is 2.63. The van der Waals surface area contributed by atoms with Gasteiger partial charge in [-0.15, -0.1) is 0 Å². The minimum atomic E-state index is -0.513. The summed E-state index contributed by atoms with van der Waals surface area (Å²) in [5.74, 6) is -1.06. The normalized spacial score (nSPS) is 16.1. The number of hydrogen-bond donors (Lipinski definition) is 2. The molecule has 0 spiro atoms. The van der Waals surface area contributed by atoms with Gasteiger partial charge in [0.25, 0.3) is 0 Å². The van der Waals surface area contributed by atoms with Gasteiger partial charge in [0.15, 0.2) is 0 Å². The quantitative estimate of drug-likeness (QED) is 0.541. The molecule has 1 atom stereocenters. The average molecular weight is 407 g/mol. The van der Waals surface area contributed by atoms with Crippen molar-refractivity contribution in [2.45, 2.75) is 25.9 Å². The molecule has 0 bridgehead atoms. The molecule has 156 valence electrons. The van der Waals surface area contributed by atoms with E-state index in [1.807, 2.05) is 24.3 Å². The number of rotatable bonds is 7. The van der Waals surface area contributed by atoms with Gasteiger partial charge in [-0.3, -0.25) is 14.5 Å². The van der Waals surface area contributed by atoms with Crippen molar-refractivity contribution in [3.63, 3.8) is 0 Å². The summed E-state index contributed by atoms with van der Waals surface area (Å²) in [7, 11) is 0. The zero-order chi connectivity index (χ0) is 21.5. The Morgan fingerprint density at radius 1 is 1.13 bits per heavy atom. The Kier molecular flexibility index (Phi) is 6.98. The van der Waals surface area contributed by atoms with Crippen LogP contribution in [0.15, 0.2) is 54.6 Å². The number of nitrogens with one attached hydrogen (secondary N) is 1. The van der Waals surface area contributed by atoms with Crippen molar-refractivity contribution in [2.24, 2.45) is 5.73 Å². The van der Waals surface area contributed by atoms with Gasteiger partial charge in [-0.25, -0.2) is 4.79 Å². The summed E-state index contributed by atoms with van der Waals surface area (Å²) < 4.78 is 4.84. The number of fused-ring (bicyclic) bond motifs is 1. The van der Waals surface area contributed by atoms with Crippen molar-refractivity contribution < 1.29 is 19.1 Å². The molecule has 3 N–H and O–H groups in total. The number of hydrogen-bond acceptors (Lipinski definition) is 5. The number of carbonyl (C=O) groups excluding carboxylic acids is 3. The molecule has 0 fully saturated rings. The Balaban J connectivity index is 1.60. The lowest BCUT2D eigenvalue weighted by atomic mass is 9.93. The number of nitrogens with zero attached hydrogens (tertiary/aromatic N) is 1. The first-order valence-corrected chi connectivity index (χ1v) is 9.81. The molecule has 1 aliphatic rings. The van der Waals surface area contributed by atoms with Crippen molar-refractivity contribution in [2.75, 3.05) is 18.5 Å². The van der Waals surface area contributed by atoms with E-state index in [0.717, 1.165) is 16.7 Å². The summed E-state index contributed by atoms with van der Waals surface area (Å²) in [4.78, 5) is 37.6. The van der Waals surface area contributed by atoms with E-state index in [0.29, 0.717) is 25.3 Å². The minimum Gasteiger partial charge on any atom is -0.463 e. The maximum atomic E-state index is 12.6. The predicted octanol–water partition coefficient (Wildman–Crippen LogP) is 2.11. The van der Waals surface area contributed by atoms with Crippen molar-refractivity contribution in [3.8, 4) is 0 Å². The van der Waals surface area contributed by atoms with E-state index in [2.05, 4.69) is 5.32 Å². The van der Waals surface area contributed by atoms with Crippen LogP contribution in [0.1, 0.15) is 23.6 Å². The summed E-state index contributed by atoms with van der Waals surface area (Å²) in [5, 5.41) is 2.84. The van der Waals surface area contributed by atoms with Crippen LogP contribution in [-0.4, -0.2) is 41.9 Å². The van der Waals surface area contributed by atoms with Crippen LogP contribution in [0.3, 0.4) is 0 Å². The van der Waals surface area contributed by atoms with Crippen LogP contribution in [0.2, 0.25) is 0 Å². The fraction of sp³-hybridized carbons (Fsp3) is 0.261. The second-order valence-electron chi connectivity index (χ2n) is 7.05. The van der Waals surface area contributed by atoms with Gasteiger partial charge in [-0.1, -0.05) is 36.4 Å². The number of nitrogens with two attached hydrogens (primary N) is 1. The maximum Gasteiger partial charge on any atom is 0.330 e. The number of ether oxygens (including phenoxy) is 1. The van der Waals surface area contributed by atoms with E-state index >= 15 is 0 Å². The molecule has 7 heteroatoms. The monoisotopic (exact) mass is 407 g/mol. The smallest absolute Gasteiger partial charge is 0.330 e. The molecule has 0 radical (unpaired) electrons. The van der Waals surface area contributed by atoms with Gasteiger partial charge < -0.3 is 15.8 Å². The van der Waals surface area contributed by atoms with E-state index in [9.17, 15) is 14.4 Å². The van der Waals surface area contributed by atoms with Crippen LogP contribution in [-0.2, 0) is 32.1 Å². The van der Waals surface area contributed by atoms with Crippen molar-refractivity contribution in [1.82, 2.24) is 4.90 Å². The summed E-state index contributed by atoms with van der Waals surface area (Å²) in [6, 6.07) is 14.4. The Hall–Kier alpha value is -3.45. The van der Waals surface area contributed by atoms with Gasteiger partial charge in [0.2, 0.25) is 11.8 Å². The number of primary amides is 1. The van der Waals surface area contributed by atoms with E-state index in [1.54, 1.807) is 42.2 Å². The first-order valence-electron chi connectivity index (χ1n) is 9.81. The van der Waals surface area contributed by atoms with Gasteiger partial charge in [0.1, 0.15) is 0 Å². The number of anilines is 1. The van der Waals surface area contributed by atoms with Gasteiger partial charge in [-0.2, -0.15) is 0 Å². The van der Waals surface area contributed by atoms with Crippen LogP contribution < -0.4 is 11.1 Å². The fourth-order valence-electron chi connectivity index (χ4n) is 3.44. The van der Waals surface area contributed by atoms with Gasteiger partial charge in [0, 0.05) is 18.3 Å². The number of carbonyl (C=O) groups is 3. The van der Waals surface area contributed by atoms with Crippen molar-refractivity contribution >= 4 is 29.5 Å². The van der Waals surface area contributed by atoms with E-state index in [4.69, 9.17) is 10.5 Å². The molecule has 0 aromatic heterocycles. The third kappa shape index (κ3) is 5.55. The van der Waals surface area contributed by atoms with Crippen molar-refractivity contribution in [1.29, 1.82) is 0 Å². The van der Waals surface area contributed by atoms with Crippen LogP contribution in [0.25, 0.3) is 6.08 Å². The average Bonchev–Trinajstić information content (AvgIpc) is 2.73. The highest BCUT2D eigenvalue weighted by Crippen LogP contribution is 2.23. The Morgan fingerprint density at radius 3 is 2.50 bits per heavy atom. The van der Waals surface area contributed by atoms with Crippen molar-refractivity contribution in [3.05, 3.63) is 71.3 Å². The molecule has 0 saturated carbocycles. The van der Waals surface area contributed by atoms with Crippen LogP contribution >= 0.6 is 0 Å². The lowest BCUT2D eigenvalue weighted by Crippen LogP contribution is -2.50. The van der Waals surface area contributed by atoms with E-state index < -0.39 is 17.9 Å². The molecular weight excluding hydrogens is 382 g/mol. The van der Waals surface area contributed by atoms with Crippen LogP contribution in [0.5, 0.6) is 0 Å². The SMILES string of the molecule is CCOC(=O)C=Cc1ccc(NC(=O)CN2Cc3ccccc3C[C@H]2C(N)=O)cc1. The maximum absolute atomic E-state index is 12.6. The fourth-order valence-corrected chi connectivity index (χ4v) is 3.44. The third-order valence-corrected chi connectivity index (χ3v) is 4.91. The van der Waals surface area contributed by atoms with Crippen LogP contribution in [0, 0.1) is 0 Å². The highest BCUT2D eigenvalue weighted by atomic mass is 16.5. The Morgan fingerprint density at radius 2 is 1.83 bits per heavy atom. The number of esters is 1. The minimum absolute atomic E-state index is 0.0620. The molecule has 0 unspecified atom stereocenters. The first-order chi connectivity index (χ1) is 14.5. The van der Waals surface area contributed by atoms with Gasteiger partial charge in [-0.05, 0) is 48.2 Å². The highest BCUT2D eigenvalue weighted by molar-refractivity contribution is 5.93. The summed E-state index contributed by atoms with van der Waals surface area (Å²) >= 11 is 0. The molecule has 7 nitrogen and oxygen atoms in total. The molecule has 2 aromatic rings. The molecule has 2 aromatic carbocycles. The molecule has 3 rings (SSSR count). The highest BCUT2D eigenvalue weighted by Gasteiger charge is 2.31. The van der Waals surface area contributed by atoms with Crippen LogP contribution in [0.4, 0.5) is 5.69 Å². The first kappa shape index (κ1) is 21.3. The van der Waals surface area contributed by atoms with Gasteiger partial charge >= 0.3 is 5.97 Å². The lowest BCUT2D eigenvalue weighted by molar-refractivity contribution is -0.137. The topological polar surface area (TPSA) is 102 Å². The molecule has 1 aliphatic heterocycles. The van der Waals surface area contributed by atoms with E-state index in [-0.39, 0.29) is 12.5 Å². The number of amides is 2. The standard InChI is InChI=1S/C23H25N3O4/c1-2-30-22(28)12-9-16-7-10-19(11-8-16)25-21(27)15-26-14-18-6-4-3-5-17(18)13-20(26)23(24)29/h3-12,20H,2,13-15H2,1H3,(H2,24,29)(H,25,27)/t20-/m0/s1. The predicted molar refractivity (Wildman–Crippen MR) is 114 cm³/mol. The third-order valence-electron chi connectivity index (χ3n) is 4.91. The Bertz CT molecular complexity index is 953. The van der Waals surface area contributed by atoms with Gasteiger partial charge in [0.05, 0.1) is 19.2 Å². The lowest BCUT2D eigenvalue weighted by Gasteiger charge is -2.34. The number of benzene rings is 2.